The molecule has 36 heavy (non-hydrogen) atoms. The van der Waals surface area contributed by atoms with Gasteiger partial charge in [0.1, 0.15) is 5.75 Å². The first-order valence-electron chi connectivity index (χ1n) is 11.1. The van der Waals surface area contributed by atoms with E-state index in [-0.39, 0.29) is 5.69 Å². The number of amides is 2. The molecule has 1 aromatic heterocycles. The van der Waals surface area contributed by atoms with E-state index >= 15 is 0 Å². The Hall–Kier alpha value is -3.92. The smallest absolute Gasteiger partial charge is 0.319 e. The molecule has 0 saturated heterocycles. The van der Waals surface area contributed by atoms with Crippen LogP contribution >= 0.6 is 11.8 Å². The lowest BCUT2D eigenvalue weighted by Gasteiger charge is -2.17. The maximum atomic E-state index is 13.5. The van der Waals surface area contributed by atoms with Gasteiger partial charge in [0.25, 0.3) is 0 Å². The fourth-order valence-corrected chi connectivity index (χ4v) is 4.41. The Morgan fingerprint density at radius 3 is 2.56 bits per heavy atom. The summed E-state index contributed by atoms with van der Waals surface area (Å²) in [5.74, 6) is -0.0946. The topological polar surface area (TPSA) is 81.1 Å². The van der Waals surface area contributed by atoms with Gasteiger partial charge in [-0.1, -0.05) is 41.6 Å². The molecule has 0 spiro atoms. The van der Waals surface area contributed by atoms with Crippen molar-refractivity contribution in [3.63, 3.8) is 0 Å². The number of aryl methyl sites for hydroxylation is 1. The molecule has 186 valence electrons. The highest BCUT2D eigenvalue weighted by atomic mass is 32.2. The van der Waals surface area contributed by atoms with E-state index in [0.29, 0.717) is 16.7 Å². The van der Waals surface area contributed by atoms with E-state index in [1.807, 2.05) is 60.0 Å². The minimum absolute atomic E-state index is 0.133. The third-order valence-corrected chi connectivity index (χ3v) is 6.37. The normalized spacial score (nSPS) is 11.7. The zero-order valence-electron chi connectivity index (χ0n) is 20.0. The maximum Gasteiger partial charge on any atom is 0.319 e. The first kappa shape index (κ1) is 25.2. The van der Waals surface area contributed by atoms with Crippen molar-refractivity contribution in [3.05, 3.63) is 95.3 Å². The molecule has 2 amide bonds. The molecular formula is C26H25F2N5O2S. The number of hydrogen-bond donors (Lipinski definition) is 2. The van der Waals surface area contributed by atoms with Crippen molar-refractivity contribution < 1.29 is 18.3 Å². The number of carbonyl (C=O) groups excluding carboxylic acids is 1. The van der Waals surface area contributed by atoms with Crippen molar-refractivity contribution in [1.82, 2.24) is 20.1 Å². The van der Waals surface area contributed by atoms with Crippen LogP contribution in [-0.4, -0.2) is 27.9 Å². The minimum atomic E-state index is -1.04. The second-order valence-electron chi connectivity index (χ2n) is 8.10. The molecule has 1 heterocycles. The number of thioether (sulfide) groups is 1. The van der Waals surface area contributed by atoms with Crippen LogP contribution in [0.1, 0.15) is 29.9 Å². The SMILES string of the molecule is COc1cccc(CSc2nnc(C(C)NC(=O)Nc3ccc(F)c(F)c3)n2-c2ccc(C)cc2)c1. The van der Waals surface area contributed by atoms with Gasteiger partial charge in [-0.15, -0.1) is 10.2 Å². The predicted molar refractivity (Wildman–Crippen MR) is 136 cm³/mol. The van der Waals surface area contributed by atoms with E-state index in [2.05, 4.69) is 20.8 Å². The second kappa shape index (κ2) is 11.2. The summed E-state index contributed by atoms with van der Waals surface area (Å²) in [4.78, 5) is 12.5. The number of benzene rings is 3. The highest BCUT2D eigenvalue weighted by molar-refractivity contribution is 7.98. The summed E-state index contributed by atoms with van der Waals surface area (Å²) in [7, 11) is 1.63. The maximum absolute atomic E-state index is 13.5. The van der Waals surface area contributed by atoms with E-state index in [4.69, 9.17) is 4.74 Å². The zero-order chi connectivity index (χ0) is 25.7. The lowest BCUT2D eigenvalue weighted by atomic mass is 10.2. The van der Waals surface area contributed by atoms with Gasteiger partial charge in [0.05, 0.1) is 13.2 Å². The molecule has 0 saturated carbocycles. The zero-order valence-corrected chi connectivity index (χ0v) is 20.8. The molecule has 0 aliphatic rings. The number of carbonyl (C=O) groups is 1. The average Bonchev–Trinajstić information content (AvgIpc) is 3.29. The van der Waals surface area contributed by atoms with Gasteiger partial charge in [-0.3, -0.25) is 4.57 Å². The van der Waals surface area contributed by atoms with E-state index in [9.17, 15) is 13.6 Å². The fraction of sp³-hybridized carbons (Fsp3) is 0.192. The number of nitrogens with one attached hydrogen (secondary N) is 2. The Balaban J connectivity index is 1.56. The largest absolute Gasteiger partial charge is 0.497 e. The molecule has 2 N–H and O–H groups in total. The van der Waals surface area contributed by atoms with Crippen LogP contribution in [0.2, 0.25) is 0 Å². The van der Waals surface area contributed by atoms with Crippen LogP contribution in [0, 0.1) is 18.6 Å². The lowest BCUT2D eigenvalue weighted by molar-refractivity contribution is 0.248. The van der Waals surface area contributed by atoms with Gasteiger partial charge in [0.15, 0.2) is 22.6 Å². The van der Waals surface area contributed by atoms with Gasteiger partial charge in [-0.25, -0.2) is 13.6 Å². The molecule has 0 aliphatic heterocycles. The molecule has 0 radical (unpaired) electrons. The minimum Gasteiger partial charge on any atom is -0.497 e. The second-order valence-corrected chi connectivity index (χ2v) is 9.04. The van der Waals surface area contributed by atoms with Crippen LogP contribution in [0.15, 0.2) is 71.9 Å². The van der Waals surface area contributed by atoms with Gasteiger partial charge >= 0.3 is 6.03 Å². The van der Waals surface area contributed by atoms with Crippen LogP contribution in [0.5, 0.6) is 5.75 Å². The number of urea groups is 1. The summed E-state index contributed by atoms with van der Waals surface area (Å²) < 4.78 is 33.9. The van der Waals surface area contributed by atoms with E-state index in [1.54, 1.807) is 14.0 Å². The molecule has 7 nitrogen and oxygen atoms in total. The van der Waals surface area contributed by atoms with Crippen LogP contribution in [0.3, 0.4) is 0 Å². The van der Waals surface area contributed by atoms with E-state index < -0.39 is 23.7 Å². The number of nitrogens with zero attached hydrogens (tertiary/aromatic N) is 3. The van der Waals surface area contributed by atoms with Crippen molar-refractivity contribution in [3.8, 4) is 11.4 Å². The van der Waals surface area contributed by atoms with Crippen molar-refractivity contribution in [2.75, 3.05) is 12.4 Å². The number of methoxy groups -OCH3 is 1. The summed E-state index contributed by atoms with van der Waals surface area (Å²) in [6.07, 6.45) is 0. The average molecular weight is 510 g/mol. The van der Waals surface area contributed by atoms with Crippen molar-refractivity contribution in [1.29, 1.82) is 0 Å². The highest BCUT2D eigenvalue weighted by Gasteiger charge is 2.21. The number of halogens is 2. The number of aromatic nitrogens is 3. The van der Waals surface area contributed by atoms with Crippen molar-refractivity contribution in [2.45, 2.75) is 30.8 Å². The number of ether oxygens (including phenoxy) is 1. The van der Waals surface area contributed by atoms with Crippen LogP contribution in [0.25, 0.3) is 5.69 Å². The van der Waals surface area contributed by atoms with Crippen molar-refractivity contribution >= 4 is 23.5 Å². The van der Waals surface area contributed by atoms with Crippen LogP contribution in [0.4, 0.5) is 19.3 Å². The van der Waals surface area contributed by atoms with E-state index in [1.165, 1.54) is 17.8 Å². The standard InChI is InChI=1S/C26H25F2N5O2S/c1-16-7-10-20(11-8-16)33-24(17(2)29-25(34)30-19-9-12-22(27)23(28)14-19)31-32-26(33)36-15-18-5-4-6-21(13-18)35-3/h4-14,17H,15H2,1-3H3,(H2,29,30,34). The summed E-state index contributed by atoms with van der Waals surface area (Å²) in [6, 6.07) is 17.7. The molecule has 3 aromatic carbocycles. The summed E-state index contributed by atoms with van der Waals surface area (Å²) in [6.45, 7) is 3.78. The molecule has 0 aliphatic carbocycles. The Morgan fingerprint density at radius 2 is 1.83 bits per heavy atom. The Labute approximate surface area is 211 Å². The molecule has 1 unspecified atom stereocenters. The first-order valence-corrected chi connectivity index (χ1v) is 12.1. The third-order valence-electron chi connectivity index (χ3n) is 5.37. The van der Waals surface area contributed by atoms with Gasteiger partial charge in [-0.2, -0.15) is 0 Å². The Kier molecular flexibility index (Phi) is 7.84. The monoisotopic (exact) mass is 509 g/mol. The van der Waals surface area contributed by atoms with Crippen LogP contribution < -0.4 is 15.4 Å². The molecule has 4 aromatic rings. The fourth-order valence-electron chi connectivity index (χ4n) is 3.50. The van der Waals surface area contributed by atoms with Gasteiger partial charge in [-0.05, 0) is 55.8 Å². The van der Waals surface area contributed by atoms with E-state index in [0.717, 1.165) is 34.7 Å². The lowest BCUT2D eigenvalue weighted by Crippen LogP contribution is -2.32. The molecule has 1 atom stereocenters. The number of rotatable bonds is 8. The third kappa shape index (κ3) is 6.01. The van der Waals surface area contributed by atoms with Crippen LogP contribution in [-0.2, 0) is 5.75 Å². The molecule has 0 bridgehead atoms. The summed E-state index contributed by atoms with van der Waals surface area (Å²) in [5, 5.41) is 14.7. The molecule has 10 heteroatoms. The Morgan fingerprint density at radius 1 is 1.06 bits per heavy atom. The van der Waals surface area contributed by atoms with Gasteiger partial charge in [0.2, 0.25) is 0 Å². The molecule has 4 rings (SSSR count). The van der Waals surface area contributed by atoms with Gasteiger partial charge < -0.3 is 15.4 Å². The molecular weight excluding hydrogens is 484 g/mol. The number of hydrogen-bond acceptors (Lipinski definition) is 5. The van der Waals surface area contributed by atoms with Gasteiger partial charge in [0, 0.05) is 23.2 Å². The quantitative estimate of drug-likeness (QED) is 0.283. The highest BCUT2D eigenvalue weighted by Crippen LogP contribution is 2.28. The predicted octanol–water partition coefficient (Wildman–Crippen LogP) is 6.04. The van der Waals surface area contributed by atoms with Crippen molar-refractivity contribution in [2.24, 2.45) is 0 Å². The number of anilines is 1. The molecule has 0 fully saturated rings. The Bertz CT molecular complexity index is 1360. The summed E-state index contributed by atoms with van der Waals surface area (Å²) >= 11 is 1.51. The first-order chi connectivity index (χ1) is 17.3. The summed E-state index contributed by atoms with van der Waals surface area (Å²) in [5.41, 5.74) is 3.16.